The Morgan fingerprint density at radius 3 is 2.53 bits per heavy atom. The number of methoxy groups -OCH3 is 1. The topological polar surface area (TPSA) is 144 Å². The summed E-state index contributed by atoms with van der Waals surface area (Å²) in [5.74, 6) is -2.03. The number of carbonyl (C=O) groups is 3. The normalized spacial score (nSPS) is 16.1. The van der Waals surface area contributed by atoms with Crippen molar-refractivity contribution in [3.05, 3.63) is 18.0 Å². The molecule has 1 aliphatic rings. The van der Waals surface area contributed by atoms with Gasteiger partial charge in [-0.1, -0.05) is 13.8 Å². The fourth-order valence-electron chi connectivity index (χ4n) is 2.85. The molecule has 2 rings (SSSR count). The maximum atomic E-state index is 12.6. The summed E-state index contributed by atoms with van der Waals surface area (Å²) in [6.45, 7) is 4.20. The van der Waals surface area contributed by atoms with Gasteiger partial charge in [0, 0.05) is 19.3 Å². The van der Waals surface area contributed by atoms with Gasteiger partial charge in [-0.25, -0.2) is 18.0 Å². The number of nitrogens with zero attached hydrogens (tertiary/aromatic N) is 1. The van der Waals surface area contributed by atoms with Crippen molar-refractivity contribution in [3.63, 3.8) is 0 Å². The second-order valence-corrected chi connectivity index (χ2v) is 9.05. The van der Waals surface area contributed by atoms with Gasteiger partial charge in [0.05, 0.1) is 20.3 Å². The summed E-state index contributed by atoms with van der Waals surface area (Å²) in [7, 11) is -2.54. The minimum atomic E-state index is -3.76. The molecule has 1 aromatic heterocycles. The minimum absolute atomic E-state index is 0.0801. The number of sulfonamides is 1. The summed E-state index contributed by atoms with van der Waals surface area (Å²) in [6.07, 6.45) is 1.56. The van der Waals surface area contributed by atoms with Crippen LogP contribution in [0.25, 0.3) is 0 Å². The summed E-state index contributed by atoms with van der Waals surface area (Å²) in [4.78, 5) is 38.4. The predicted octanol–water partition coefficient (Wildman–Crippen LogP) is -0.104. The molecule has 1 aliphatic heterocycles. The molecule has 0 aliphatic carbocycles. The first-order valence-electron chi connectivity index (χ1n) is 9.45. The number of hydrogen-bond acceptors (Lipinski definition) is 8. The maximum absolute atomic E-state index is 12.6. The van der Waals surface area contributed by atoms with E-state index < -0.39 is 40.5 Å². The van der Waals surface area contributed by atoms with Crippen LogP contribution >= 0.6 is 0 Å². The Hall–Kier alpha value is -2.44. The van der Waals surface area contributed by atoms with Crippen molar-refractivity contribution in [1.82, 2.24) is 14.6 Å². The Morgan fingerprint density at radius 2 is 1.93 bits per heavy atom. The van der Waals surface area contributed by atoms with Crippen molar-refractivity contribution >= 4 is 27.9 Å². The van der Waals surface area contributed by atoms with E-state index in [9.17, 15) is 22.8 Å². The van der Waals surface area contributed by atoms with E-state index in [0.29, 0.717) is 19.6 Å². The van der Waals surface area contributed by atoms with Gasteiger partial charge in [-0.15, -0.1) is 0 Å². The number of aromatic nitrogens is 1. The highest BCUT2D eigenvalue weighted by Crippen LogP contribution is 2.18. The highest BCUT2D eigenvalue weighted by Gasteiger charge is 2.28. The van der Waals surface area contributed by atoms with Gasteiger partial charge in [-0.3, -0.25) is 4.79 Å². The molecular formula is C18H27N3O8S. The lowest BCUT2D eigenvalue weighted by Crippen LogP contribution is -2.44. The fourth-order valence-corrected chi connectivity index (χ4v) is 4.25. The lowest BCUT2D eigenvalue weighted by molar-refractivity contribution is -0.145. The van der Waals surface area contributed by atoms with Crippen LogP contribution in [0.3, 0.4) is 0 Å². The Labute approximate surface area is 175 Å². The quantitative estimate of drug-likeness (QED) is 0.501. The largest absolute Gasteiger partial charge is 0.467 e. The van der Waals surface area contributed by atoms with Crippen LogP contribution in [0.5, 0.6) is 0 Å². The molecule has 0 spiro atoms. The Balaban J connectivity index is 1.93. The Bertz CT molecular complexity index is 859. The van der Waals surface area contributed by atoms with Crippen LogP contribution in [0.15, 0.2) is 17.2 Å². The zero-order chi connectivity index (χ0) is 22.3. The van der Waals surface area contributed by atoms with Crippen molar-refractivity contribution in [3.8, 4) is 0 Å². The van der Waals surface area contributed by atoms with E-state index in [4.69, 9.17) is 9.47 Å². The summed E-state index contributed by atoms with van der Waals surface area (Å²) in [5, 5.41) is 2.46. The van der Waals surface area contributed by atoms with Crippen LogP contribution in [0, 0.1) is 5.92 Å². The lowest BCUT2D eigenvalue weighted by atomic mass is 10.0. The van der Waals surface area contributed by atoms with Crippen LogP contribution in [0.4, 0.5) is 0 Å². The number of carbonyl (C=O) groups excluding carboxylic acids is 3. The smallest absolute Gasteiger partial charge is 0.355 e. The highest BCUT2D eigenvalue weighted by atomic mass is 32.2. The van der Waals surface area contributed by atoms with E-state index >= 15 is 0 Å². The van der Waals surface area contributed by atoms with E-state index in [1.54, 1.807) is 0 Å². The fraction of sp³-hybridized carbons (Fsp3) is 0.611. The van der Waals surface area contributed by atoms with Gasteiger partial charge in [0.15, 0.2) is 6.61 Å². The molecule has 168 valence electrons. The van der Waals surface area contributed by atoms with E-state index in [2.05, 4.69) is 15.0 Å². The van der Waals surface area contributed by atoms with Crippen LogP contribution in [0.1, 0.15) is 30.8 Å². The molecule has 12 heteroatoms. The molecule has 1 aromatic rings. The van der Waals surface area contributed by atoms with Crippen molar-refractivity contribution in [2.45, 2.75) is 31.2 Å². The Morgan fingerprint density at radius 1 is 1.27 bits per heavy atom. The number of ether oxygens (including phenoxy) is 3. The highest BCUT2D eigenvalue weighted by molar-refractivity contribution is 7.89. The molecule has 1 atom stereocenters. The minimum Gasteiger partial charge on any atom is -0.467 e. The second-order valence-electron chi connectivity index (χ2n) is 7.11. The van der Waals surface area contributed by atoms with Gasteiger partial charge in [-0.2, -0.15) is 4.31 Å². The average molecular weight is 445 g/mol. The van der Waals surface area contributed by atoms with E-state index in [1.165, 1.54) is 17.6 Å². The third kappa shape index (κ3) is 6.28. The van der Waals surface area contributed by atoms with Crippen LogP contribution in [-0.4, -0.2) is 81.6 Å². The first kappa shape index (κ1) is 23.8. The molecule has 0 saturated carbocycles. The number of rotatable bonds is 9. The number of hydrogen-bond donors (Lipinski definition) is 2. The summed E-state index contributed by atoms with van der Waals surface area (Å²) in [5.41, 5.74) is -0.110. The standard InChI is InChI=1S/C18H27N3O8S/c1-12(2)8-15(17(23)27-3)20-16(22)11-29-18(24)14-9-13(10-19-14)30(25,26)21-4-6-28-7-5-21/h9-10,12,15,19H,4-8,11H2,1-3H3,(H,20,22). The van der Waals surface area contributed by atoms with Gasteiger partial charge >= 0.3 is 11.9 Å². The van der Waals surface area contributed by atoms with Crippen LogP contribution in [0.2, 0.25) is 0 Å². The van der Waals surface area contributed by atoms with Crippen molar-refractivity contribution in [2.24, 2.45) is 5.92 Å². The summed E-state index contributed by atoms with van der Waals surface area (Å²) >= 11 is 0. The molecule has 2 heterocycles. The molecule has 30 heavy (non-hydrogen) atoms. The summed E-state index contributed by atoms with van der Waals surface area (Å²) in [6, 6.07) is 0.304. The third-order valence-corrected chi connectivity index (χ3v) is 6.22. The second kappa shape index (κ2) is 10.5. The van der Waals surface area contributed by atoms with E-state index in [-0.39, 0.29) is 29.6 Å². The molecule has 1 amide bonds. The number of nitrogens with one attached hydrogen (secondary N) is 2. The van der Waals surface area contributed by atoms with Crippen molar-refractivity contribution in [1.29, 1.82) is 0 Å². The molecule has 0 aromatic carbocycles. The lowest BCUT2D eigenvalue weighted by Gasteiger charge is -2.25. The zero-order valence-corrected chi connectivity index (χ0v) is 18.0. The number of morpholine rings is 1. The van der Waals surface area contributed by atoms with Crippen LogP contribution < -0.4 is 5.32 Å². The summed E-state index contributed by atoms with van der Waals surface area (Å²) < 4.78 is 41.2. The zero-order valence-electron chi connectivity index (χ0n) is 17.2. The van der Waals surface area contributed by atoms with E-state index in [0.717, 1.165) is 6.07 Å². The van der Waals surface area contributed by atoms with Crippen LogP contribution in [-0.2, 0) is 33.8 Å². The van der Waals surface area contributed by atoms with Gasteiger partial charge in [0.2, 0.25) is 10.0 Å². The third-order valence-electron chi connectivity index (χ3n) is 4.35. The Kier molecular flexibility index (Phi) is 8.38. The number of amides is 1. The van der Waals surface area contributed by atoms with Gasteiger partial charge in [0.25, 0.3) is 5.91 Å². The van der Waals surface area contributed by atoms with E-state index in [1.807, 2.05) is 13.8 Å². The maximum Gasteiger partial charge on any atom is 0.355 e. The molecule has 11 nitrogen and oxygen atoms in total. The molecule has 0 radical (unpaired) electrons. The van der Waals surface area contributed by atoms with Gasteiger partial charge in [-0.05, 0) is 18.4 Å². The first-order chi connectivity index (χ1) is 14.1. The van der Waals surface area contributed by atoms with Crippen molar-refractivity contribution < 1.29 is 37.0 Å². The van der Waals surface area contributed by atoms with Gasteiger partial charge in [0.1, 0.15) is 16.6 Å². The molecular weight excluding hydrogens is 418 g/mol. The average Bonchev–Trinajstić information content (AvgIpc) is 3.22. The number of H-pyrrole nitrogens is 1. The molecule has 1 unspecified atom stereocenters. The number of aromatic amines is 1. The predicted molar refractivity (Wildman–Crippen MR) is 104 cm³/mol. The molecule has 1 saturated heterocycles. The molecule has 1 fully saturated rings. The SMILES string of the molecule is COC(=O)C(CC(C)C)NC(=O)COC(=O)c1cc(S(=O)(=O)N2CCOCC2)c[nH]1. The van der Waals surface area contributed by atoms with Gasteiger partial charge < -0.3 is 24.5 Å². The number of esters is 2. The molecule has 2 N–H and O–H groups in total. The monoisotopic (exact) mass is 445 g/mol. The van der Waals surface area contributed by atoms with Crippen molar-refractivity contribution in [2.75, 3.05) is 40.0 Å². The molecule has 0 bridgehead atoms. The first-order valence-corrected chi connectivity index (χ1v) is 10.9.